The molecule has 21 heavy (non-hydrogen) atoms. The number of alkyl halides is 2. The number of benzene rings is 1. The van der Waals surface area contributed by atoms with Crippen LogP contribution in [-0.4, -0.2) is 26.2 Å². The van der Waals surface area contributed by atoms with E-state index in [4.69, 9.17) is 11.6 Å². The molecule has 1 aromatic rings. The SMILES string of the molecule is C=CCNC(=NC)NCc1cc(Cl)ccc1OC(F)F.I. The topological polar surface area (TPSA) is 45.7 Å². The summed E-state index contributed by atoms with van der Waals surface area (Å²) in [4.78, 5) is 3.98. The minimum atomic E-state index is -2.88. The normalized spacial score (nSPS) is 10.8. The summed E-state index contributed by atoms with van der Waals surface area (Å²) in [5, 5.41) is 6.37. The fourth-order valence-corrected chi connectivity index (χ4v) is 1.66. The second kappa shape index (κ2) is 10.6. The molecule has 0 fully saturated rings. The second-order valence-corrected chi connectivity index (χ2v) is 4.16. The lowest BCUT2D eigenvalue weighted by atomic mass is 10.2. The number of aliphatic imine (C=N–C) groups is 1. The standard InChI is InChI=1S/C13H16ClF2N3O.HI/c1-3-6-18-13(17-2)19-8-9-7-10(14)4-5-11(9)20-12(15)16;/h3-5,7,12H,1,6,8H2,2H3,(H2,17,18,19);1H. The molecule has 118 valence electrons. The van der Waals surface area contributed by atoms with Crippen LogP contribution in [0.25, 0.3) is 0 Å². The molecular weight excluding hydrogens is 415 g/mol. The minimum Gasteiger partial charge on any atom is -0.434 e. The molecule has 4 nitrogen and oxygen atoms in total. The number of nitrogens with zero attached hydrogens (tertiary/aromatic N) is 1. The Labute approximate surface area is 144 Å². The molecule has 0 aromatic heterocycles. The zero-order valence-corrected chi connectivity index (χ0v) is 14.5. The number of nitrogens with one attached hydrogen (secondary N) is 2. The maximum Gasteiger partial charge on any atom is 0.387 e. The number of hydrogen-bond acceptors (Lipinski definition) is 2. The molecule has 0 saturated heterocycles. The first kappa shape index (κ1) is 19.9. The van der Waals surface area contributed by atoms with Crippen LogP contribution in [-0.2, 0) is 6.54 Å². The van der Waals surface area contributed by atoms with Crippen molar-refractivity contribution in [3.8, 4) is 5.75 Å². The number of guanidine groups is 1. The van der Waals surface area contributed by atoms with Gasteiger partial charge in [0, 0.05) is 30.7 Å². The van der Waals surface area contributed by atoms with Crippen LogP contribution < -0.4 is 15.4 Å². The fourth-order valence-electron chi connectivity index (χ4n) is 1.47. The summed E-state index contributed by atoms with van der Waals surface area (Å²) in [5.41, 5.74) is 0.513. The van der Waals surface area contributed by atoms with E-state index < -0.39 is 6.61 Å². The van der Waals surface area contributed by atoms with Gasteiger partial charge in [-0.1, -0.05) is 17.7 Å². The summed E-state index contributed by atoms with van der Waals surface area (Å²) in [5.74, 6) is 0.601. The minimum absolute atomic E-state index is 0. The van der Waals surface area contributed by atoms with E-state index in [9.17, 15) is 8.78 Å². The van der Waals surface area contributed by atoms with Gasteiger partial charge in [-0.15, -0.1) is 30.6 Å². The smallest absolute Gasteiger partial charge is 0.387 e. The molecule has 0 amide bonds. The van der Waals surface area contributed by atoms with Crippen LogP contribution in [0.2, 0.25) is 5.02 Å². The zero-order valence-electron chi connectivity index (χ0n) is 11.4. The van der Waals surface area contributed by atoms with Gasteiger partial charge in [0.2, 0.25) is 0 Å². The van der Waals surface area contributed by atoms with Crippen molar-refractivity contribution >= 4 is 41.5 Å². The molecule has 0 aliphatic heterocycles. The third-order valence-corrected chi connectivity index (χ3v) is 2.56. The maximum absolute atomic E-state index is 12.3. The molecular formula is C13H17ClF2IN3O. The predicted molar refractivity (Wildman–Crippen MR) is 91.9 cm³/mol. The molecule has 0 atom stereocenters. The Morgan fingerprint density at radius 3 is 2.76 bits per heavy atom. The van der Waals surface area contributed by atoms with Gasteiger partial charge in [0.05, 0.1) is 0 Å². The van der Waals surface area contributed by atoms with Crippen molar-refractivity contribution in [2.24, 2.45) is 4.99 Å². The van der Waals surface area contributed by atoms with Gasteiger partial charge in [-0.3, -0.25) is 4.99 Å². The average molecular weight is 432 g/mol. The van der Waals surface area contributed by atoms with Crippen molar-refractivity contribution in [1.29, 1.82) is 0 Å². The number of hydrogen-bond donors (Lipinski definition) is 2. The Morgan fingerprint density at radius 1 is 1.48 bits per heavy atom. The lowest BCUT2D eigenvalue weighted by Gasteiger charge is -2.14. The van der Waals surface area contributed by atoms with E-state index in [1.54, 1.807) is 19.2 Å². The first-order valence-electron chi connectivity index (χ1n) is 5.85. The Balaban J connectivity index is 0.00000400. The highest BCUT2D eigenvalue weighted by Crippen LogP contribution is 2.24. The van der Waals surface area contributed by atoms with Crippen LogP contribution in [0.1, 0.15) is 5.56 Å². The van der Waals surface area contributed by atoms with Crippen molar-refractivity contribution in [1.82, 2.24) is 10.6 Å². The van der Waals surface area contributed by atoms with Gasteiger partial charge < -0.3 is 15.4 Å². The van der Waals surface area contributed by atoms with Crippen molar-refractivity contribution in [2.45, 2.75) is 13.2 Å². The summed E-state index contributed by atoms with van der Waals surface area (Å²) >= 11 is 5.86. The van der Waals surface area contributed by atoms with Crippen LogP contribution in [0.15, 0.2) is 35.8 Å². The summed E-state index contributed by atoms with van der Waals surface area (Å²) < 4.78 is 29.1. The molecule has 2 N–H and O–H groups in total. The highest BCUT2D eigenvalue weighted by Gasteiger charge is 2.10. The first-order valence-corrected chi connectivity index (χ1v) is 6.23. The highest BCUT2D eigenvalue weighted by atomic mass is 127. The summed E-state index contributed by atoms with van der Waals surface area (Å²) in [6.07, 6.45) is 1.68. The van der Waals surface area contributed by atoms with Crippen molar-refractivity contribution in [3.63, 3.8) is 0 Å². The maximum atomic E-state index is 12.3. The van der Waals surface area contributed by atoms with Gasteiger partial charge in [-0.25, -0.2) is 0 Å². The van der Waals surface area contributed by atoms with E-state index in [1.807, 2.05) is 0 Å². The molecule has 0 radical (unpaired) electrons. The Morgan fingerprint density at radius 2 is 2.19 bits per heavy atom. The quantitative estimate of drug-likeness (QED) is 0.314. The molecule has 0 heterocycles. The van der Waals surface area contributed by atoms with Gasteiger partial charge in [0.15, 0.2) is 5.96 Å². The van der Waals surface area contributed by atoms with Crippen LogP contribution in [0, 0.1) is 0 Å². The van der Waals surface area contributed by atoms with E-state index in [0.717, 1.165) is 0 Å². The van der Waals surface area contributed by atoms with Crippen LogP contribution in [0.5, 0.6) is 5.75 Å². The van der Waals surface area contributed by atoms with Gasteiger partial charge >= 0.3 is 6.61 Å². The fraction of sp³-hybridized carbons (Fsp3) is 0.308. The summed E-state index contributed by atoms with van der Waals surface area (Å²) in [6, 6.07) is 4.46. The molecule has 0 aliphatic carbocycles. The Hall–Kier alpha value is -1.09. The lowest BCUT2D eigenvalue weighted by Crippen LogP contribution is -2.36. The lowest BCUT2D eigenvalue weighted by molar-refractivity contribution is -0.0504. The van der Waals surface area contributed by atoms with E-state index in [-0.39, 0.29) is 36.3 Å². The van der Waals surface area contributed by atoms with E-state index in [1.165, 1.54) is 12.1 Å². The molecule has 8 heteroatoms. The van der Waals surface area contributed by atoms with Crippen LogP contribution in [0.3, 0.4) is 0 Å². The summed E-state index contributed by atoms with van der Waals surface area (Å²) in [7, 11) is 1.60. The molecule has 1 aromatic carbocycles. The third-order valence-electron chi connectivity index (χ3n) is 2.32. The van der Waals surface area contributed by atoms with Gasteiger partial charge in [0.25, 0.3) is 0 Å². The molecule has 1 rings (SSSR count). The zero-order chi connectivity index (χ0) is 15.0. The Bertz CT molecular complexity index is 486. The van der Waals surface area contributed by atoms with Gasteiger partial charge in [-0.05, 0) is 18.2 Å². The predicted octanol–water partition coefficient (Wildman–Crippen LogP) is 3.41. The average Bonchev–Trinajstić information content (AvgIpc) is 2.41. The monoisotopic (exact) mass is 431 g/mol. The largest absolute Gasteiger partial charge is 0.434 e. The molecule has 0 bridgehead atoms. The first-order chi connectivity index (χ1) is 9.56. The van der Waals surface area contributed by atoms with Crippen LogP contribution >= 0.6 is 35.6 Å². The van der Waals surface area contributed by atoms with Crippen molar-refractivity contribution in [3.05, 3.63) is 41.4 Å². The second-order valence-electron chi connectivity index (χ2n) is 3.73. The highest BCUT2D eigenvalue weighted by molar-refractivity contribution is 14.0. The van der Waals surface area contributed by atoms with E-state index in [0.29, 0.717) is 23.1 Å². The number of halogens is 4. The molecule has 0 unspecified atom stereocenters. The van der Waals surface area contributed by atoms with E-state index in [2.05, 4.69) is 26.9 Å². The molecule has 0 spiro atoms. The van der Waals surface area contributed by atoms with Gasteiger partial charge in [0.1, 0.15) is 5.75 Å². The van der Waals surface area contributed by atoms with Gasteiger partial charge in [-0.2, -0.15) is 8.78 Å². The van der Waals surface area contributed by atoms with Crippen molar-refractivity contribution in [2.75, 3.05) is 13.6 Å². The van der Waals surface area contributed by atoms with E-state index >= 15 is 0 Å². The van der Waals surface area contributed by atoms with Crippen LogP contribution in [0.4, 0.5) is 8.78 Å². The summed E-state index contributed by atoms with van der Waals surface area (Å²) in [6.45, 7) is 1.48. The van der Waals surface area contributed by atoms with Crippen molar-refractivity contribution < 1.29 is 13.5 Å². The molecule has 0 aliphatic rings. The number of rotatable bonds is 6. The Kier molecular flexibility index (Phi) is 10.1. The third kappa shape index (κ3) is 7.47. The molecule has 0 saturated carbocycles. The number of ether oxygens (including phenoxy) is 1.